The summed E-state index contributed by atoms with van der Waals surface area (Å²) >= 11 is 0. The minimum atomic E-state index is -4.14. The summed E-state index contributed by atoms with van der Waals surface area (Å²) in [6.45, 7) is 3.10. The zero-order valence-corrected chi connectivity index (χ0v) is 19.8. The first-order valence-corrected chi connectivity index (χ1v) is 11.8. The second-order valence-corrected chi connectivity index (χ2v) is 9.64. The van der Waals surface area contributed by atoms with Crippen LogP contribution in [0, 0.1) is 6.92 Å². The molecule has 2 aromatic heterocycles. The van der Waals surface area contributed by atoms with E-state index in [0.29, 0.717) is 16.9 Å². The van der Waals surface area contributed by atoms with Crippen LogP contribution >= 0.6 is 0 Å². The van der Waals surface area contributed by atoms with E-state index in [1.807, 2.05) is 0 Å². The number of amides is 2. The standard InChI is InChI=1S/C22H21N7O5S/c1-13-7-8-15(25-14(2)30)10-16(13)26-22(32)19(29-9-5-4-6-18(29)31)21-27-20-17(11-23-12-24-20)35(33,34)28(21)3/h4-12,19H,1-3H3,(H,25,30)(H,26,32). The highest BCUT2D eigenvalue weighted by Gasteiger charge is 2.40. The number of rotatable bonds is 5. The molecule has 3 heterocycles. The molecule has 0 aliphatic carbocycles. The Balaban J connectivity index is 1.84. The van der Waals surface area contributed by atoms with Gasteiger partial charge in [0.1, 0.15) is 6.33 Å². The van der Waals surface area contributed by atoms with Gasteiger partial charge in [0.25, 0.3) is 21.5 Å². The van der Waals surface area contributed by atoms with Crippen LogP contribution in [0.3, 0.4) is 0 Å². The number of aliphatic imine (C=N–C) groups is 1. The molecular weight excluding hydrogens is 474 g/mol. The van der Waals surface area contributed by atoms with Crippen molar-refractivity contribution in [2.75, 3.05) is 17.7 Å². The molecule has 0 fully saturated rings. The normalized spacial score (nSPS) is 14.9. The van der Waals surface area contributed by atoms with E-state index in [0.717, 1.165) is 21.4 Å². The fourth-order valence-electron chi connectivity index (χ4n) is 3.52. The van der Waals surface area contributed by atoms with Gasteiger partial charge in [-0.1, -0.05) is 12.1 Å². The summed E-state index contributed by atoms with van der Waals surface area (Å²) < 4.78 is 28.2. The number of nitrogens with one attached hydrogen (secondary N) is 2. The van der Waals surface area contributed by atoms with Gasteiger partial charge in [0.2, 0.25) is 5.91 Å². The van der Waals surface area contributed by atoms with Crippen molar-refractivity contribution in [3.63, 3.8) is 0 Å². The summed E-state index contributed by atoms with van der Waals surface area (Å²) in [5, 5.41) is 5.37. The number of nitrogens with zero attached hydrogens (tertiary/aromatic N) is 5. The molecule has 12 nitrogen and oxygen atoms in total. The third-order valence-corrected chi connectivity index (χ3v) is 7.03. The van der Waals surface area contributed by atoms with Gasteiger partial charge < -0.3 is 10.6 Å². The van der Waals surface area contributed by atoms with Gasteiger partial charge in [-0.05, 0) is 30.7 Å². The molecule has 0 radical (unpaired) electrons. The van der Waals surface area contributed by atoms with Crippen LogP contribution in [-0.4, -0.2) is 52.0 Å². The zero-order valence-electron chi connectivity index (χ0n) is 19.0. The van der Waals surface area contributed by atoms with E-state index < -0.39 is 27.5 Å². The zero-order chi connectivity index (χ0) is 25.3. The van der Waals surface area contributed by atoms with Crippen molar-refractivity contribution in [2.45, 2.75) is 24.8 Å². The lowest BCUT2D eigenvalue weighted by Gasteiger charge is -2.30. The lowest BCUT2D eigenvalue weighted by atomic mass is 10.1. The highest BCUT2D eigenvalue weighted by Crippen LogP contribution is 2.32. The van der Waals surface area contributed by atoms with Crippen LogP contribution in [0.25, 0.3) is 0 Å². The number of carbonyl (C=O) groups excluding carboxylic acids is 2. The minimum absolute atomic E-state index is 0.140. The Labute approximate surface area is 200 Å². The molecule has 2 N–H and O–H groups in total. The number of hydrogen-bond donors (Lipinski definition) is 2. The van der Waals surface area contributed by atoms with E-state index in [2.05, 4.69) is 25.6 Å². The Hall–Kier alpha value is -4.39. The molecule has 0 bridgehead atoms. The number of anilines is 2. The van der Waals surface area contributed by atoms with E-state index in [9.17, 15) is 22.8 Å². The minimum Gasteiger partial charge on any atom is -0.326 e. The summed E-state index contributed by atoms with van der Waals surface area (Å²) in [6, 6.07) is 7.76. The molecule has 180 valence electrons. The number of carbonyl (C=O) groups is 2. The number of pyridine rings is 1. The number of likely N-dealkylation sites (N-methyl/N-ethyl adjacent to an activating group) is 1. The maximum atomic E-state index is 13.6. The number of aromatic nitrogens is 3. The quantitative estimate of drug-likeness (QED) is 0.543. The molecule has 2 amide bonds. The number of hydrogen-bond acceptors (Lipinski definition) is 8. The predicted octanol–water partition coefficient (Wildman–Crippen LogP) is 1.45. The number of sulfonamides is 1. The van der Waals surface area contributed by atoms with Crippen LogP contribution in [0.5, 0.6) is 0 Å². The Morgan fingerprint density at radius 2 is 1.89 bits per heavy atom. The van der Waals surface area contributed by atoms with Gasteiger partial charge in [0, 0.05) is 37.6 Å². The first-order valence-electron chi connectivity index (χ1n) is 10.3. The third kappa shape index (κ3) is 4.53. The van der Waals surface area contributed by atoms with Crippen molar-refractivity contribution < 1.29 is 18.0 Å². The largest absolute Gasteiger partial charge is 0.326 e. The van der Waals surface area contributed by atoms with E-state index in [4.69, 9.17) is 0 Å². The molecule has 0 spiro atoms. The van der Waals surface area contributed by atoms with Crippen molar-refractivity contribution in [2.24, 2.45) is 4.99 Å². The first-order chi connectivity index (χ1) is 16.6. The summed E-state index contributed by atoms with van der Waals surface area (Å²) in [7, 11) is -2.90. The fraction of sp³-hybridized carbons (Fsp3) is 0.182. The molecule has 13 heteroatoms. The SMILES string of the molecule is CC(=O)Nc1ccc(C)c(NC(=O)C(C2=Nc3ncncc3S(=O)(=O)N2C)n2ccccc2=O)c1. The van der Waals surface area contributed by atoms with Crippen LogP contribution in [0.15, 0.2) is 69.8 Å². The molecule has 3 aromatic rings. The van der Waals surface area contributed by atoms with Gasteiger partial charge in [-0.3, -0.25) is 23.3 Å². The van der Waals surface area contributed by atoms with Crippen molar-refractivity contribution in [3.8, 4) is 0 Å². The maximum absolute atomic E-state index is 13.6. The van der Waals surface area contributed by atoms with Crippen LogP contribution in [0.4, 0.5) is 17.2 Å². The number of aryl methyl sites for hydroxylation is 1. The molecule has 1 aromatic carbocycles. The molecule has 0 saturated heterocycles. The van der Waals surface area contributed by atoms with Crippen molar-refractivity contribution in [1.82, 2.24) is 18.8 Å². The fourth-order valence-corrected chi connectivity index (χ4v) is 4.72. The summed E-state index contributed by atoms with van der Waals surface area (Å²) in [6.07, 6.45) is 3.63. The third-order valence-electron chi connectivity index (χ3n) is 5.28. The topological polar surface area (TPSA) is 156 Å². The molecule has 1 aliphatic rings. The summed E-state index contributed by atoms with van der Waals surface area (Å²) in [5.41, 5.74) is 0.946. The molecule has 35 heavy (non-hydrogen) atoms. The van der Waals surface area contributed by atoms with Crippen molar-refractivity contribution in [3.05, 3.63) is 71.0 Å². The van der Waals surface area contributed by atoms with Gasteiger partial charge in [-0.25, -0.2) is 23.4 Å². The van der Waals surface area contributed by atoms with Gasteiger partial charge >= 0.3 is 0 Å². The number of amidine groups is 1. The van der Waals surface area contributed by atoms with Crippen LogP contribution in [0.1, 0.15) is 18.5 Å². The van der Waals surface area contributed by atoms with E-state index in [1.54, 1.807) is 31.2 Å². The van der Waals surface area contributed by atoms with Gasteiger partial charge in [-0.15, -0.1) is 0 Å². The predicted molar refractivity (Wildman–Crippen MR) is 128 cm³/mol. The molecule has 1 aliphatic heterocycles. The first kappa shape index (κ1) is 23.8. The molecule has 1 atom stereocenters. The number of benzene rings is 1. The van der Waals surface area contributed by atoms with Gasteiger partial charge in [0.05, 0.1) is 6.20 Å². The Kier molecular flexibility index (Phi) is 6.18. The smallest absolute Gasteiger partial charge is 0.270 e. The number of fused-ring (bicyclic) bond motifs is 1. The second kappa shape index (κ2) is 9.10. The van der Waals surface area contributed by atoms with Crippen molar-refractivity contribution >= 4 is 44.9 Å². The Bertz CT molecular complexity index is 1530. The molecule has 1 unspecified atom stereocenters. The van der Waals surface area contributed by atoms with E-state index >= 15 is 0 Å². The van der Waals surface area contributed by atoms with Crippen LogP contribution < -0.4 is 16.2 Å². The van der Waals surface area contributed by atoms with Crippen LogP contribution in [-0.2, 0) is 19.6 Å². The maximum Gasteiger partial charge on any atom is 0.270 e. The lowest BCUT2D eigenvalue weighted by molar-refractivity contribution is -0.117. The van der Waals surface area contributed by atoms with Gasteiger partial charge in [0.15, 0.2) is 22.6 Å². The van der Waals surface area contributed by atoms with Crippen molar-refractivity contribution in [1.29, 1.82) is 0 Å². The highest BCUT2D eigenvalue weighted by molar-refractivity contribution is 7.89. The monoisotopic (exact) mass is 495 g/mol. The summed E-state index contributed by atoms with van der Waals surface area (Å²) in [5.74, 6) is -1.38. The second-order valence-electron chi connectivity index (χ2n) is 7.70. The average Bonchev–Trinajstić information content (AvgIpc) is 2.80. The molecule has 4 rings (SSSR count). The van der Waals surface area contributed by atoms with Crippen LogP contribution in [0.2, 0.25) is 0 Å². The van der Waals surface area contributed by atoms with Gasteiger partial charge in [-0.2, -0.15) is 0 Å². The summed E-state index contributed by atoms with van der Waals surface area (Å²) in [4.78, 5) is 49.5. The highest BCUT2D eigenvalue weighted by atomic mass is 32.2. The van der Waals surface area contributed by atoms with E-state index in [1.165, 1.54) is 32.3 Å². The molecular formula is C22H21N7O5S. The Morgan fingerprint density at radius 3 is 2.60 bits per heavy atom. The Morgan fingerprint density at radius 1 is 1.11 bits per heavy atom. The average molecular weight is 496 g/mol. The lowest BCUT2D eigenvalue weighted by Crippen LogP contribution is -2.47. The van der Waals surface area contributed by atoms with E-state index in [-0.39, 0.29) is 22.5 Å². The molecule has 0 saturated carbocycles.